The van der Waals surface area contributed by atoms with Gasteiger partial charge < -0.3 is 9.84 Å². The topological polar surface area (TPSA) is 46.5 Å². The van der Waals surface area contributed by atoms with Crippen molar-refractivity contribution in [2.45, 2.75) is 25.9 Å². The highest BCUT2D eigenvalue weighted by molar-refractivity contribution is 5.71. The van der Waals surface area contributed by atoms with Gasteiger partial charge in [0.2, 0.25) is 0 Å². The molecular formula is C13H15FO3. The first-order valence-corrected chi connectivity index (χ1v) is 5.70. The summed E-state index contributed by atoms with van der Waals surface area (Å²) in [6, 6.07) is 4.38. The third-order valence-electron chi connectivity index (χ3n) is 3.18. The van der Waals surface area contributed by atoms with E-state index in [2.05, 4.69) is 0 Å². The molecular weight excluding hydrogens is 223 g/mol. The van der Waals surface area contributed by atoms with Gasteiger partial charge in [-0.3, -0.25) is 4.79 Å². The molecule has 4 heteroatoms. The summed E-state index contributed by atoms with van der Waals surface area (Å²) in [5, 5.41) is 9.16. The number of aryl methyl sites for hydroxylation is 1. The number of rotatable bonds is 2. The summed E-state index contributed by atoms with van der Waals surface area (Å²) in [7, 11) is 0. The molecule has 17 heavy (non-hydrogen) atoms. The highest BCUT2D eigenvalue weighted by atomic mass is 19.1. The molecule has 0 aromatic heterocycles. The number of ether oxygens (including phenoxy) is 1. The molecule has 3 nitrogen and oxygen atoms in total. The summed E-state index contributed by atoms with van der Waals surface area (Å²) in [5.74, 6) is -1.69. The van der Waals surface area contributed by atoms with Gasteiger partial charge in [-0.05, 0) is 43.0 Å². The lowest BCUT2D eigenvalue weighted by Crippen LogP contribution is -2.29. The quantitative estimate of drug-likeness (QED) is 0.861. The van der Waals surface area contributed by atoms with Crippen LogP contribution in [0.1, 0.15) is 30.1 Å². The zero-order valence-corrected chi connectivity index (χ0v) is 9.65. The Kier molecular flexibility index (Phi) is 3.43. The van der Waals surface area contributed by atoms with E-state index in [1.54, 1.807) is 13.0 Å². The summed E-state index contributed by atoms with van der Waals surface area (Å²) < 4.78 is 18.6. The smallest absolute Gasteiger partial charge is 0.309 e. The number of benzene rings is 1. The molecule has 1 aliphatic heterocycles. The highest BCUT2D eigenvalue weighted by Crippen LogP contribution is 2.35. The first-order chi connectivity index (χ1) is 8.09. The summed E-state index contributed by atoms with van der Waals surface area (Å²) in [4.78, 5) is 11.2. The molecule has 2 unspecified atom stereocenters. The minimum Gasteiger partial charge on any atom is -0.481 e. The summed E-state index contributed by atoms with van der Waals surface area (Å²) in [6.07, 6.45) is 0.909. The lowest BCUT2D eigenvalue weighted by atomic mass is 9.87. The Bertz CT molecular complexity index is 431. The third-order valence-corrected chi connectivity index (χ3v) is 3.18. The van der Waals surface area contributed by atoms with E-state index >= 15 is 0 Å². The number of carbonyl (C=O) groups is 1. The van der Waals surface area contributed by atoms with Crippen LogP contribution in [-0.4, -0.2) is 17.7 Å². The summed E-state index contributed by atoms with van der Waals surface area (Å²) >= 11 is 0. The first-order valence-electron chi connectivity index (χ1n) is 5.70. The Labute approximate surface area is 99.2 Å². The summed E-state index contributed by atoms with van der Waals surface area (Å²) in [5.41, 5.74) is 1.52. The van der Waals surface area contributed by atoms with E-state index in [9.17, 15) is 9.18 Å². The van der Waals surface area contributed by atoms with Gasteiger partial charge in [0.15, 0.2) is 0 Å². The number of carboxylic acids is 1. The zero-order valence-electron chi connectivity index (χ0n) is 9.65. The third kappa shape index (κ3) is 2.47. The Hall–Kier alpha value is -1.42. The maximum Gasteiger partial charge on any atom is 0.309 e. The van der Waals surface area contributed by atoms with E-state index < -0.39 is 18.0 Å². The molecule has 2 atom stereocenters. The van der Waals surface area contributed by atoms with Crippen LogP contribution in [0.5, 0.6) is 0 Å². The van der Waals surface area contributed by atoms with Gasteiger partial charge in [-0.15, -0.1) is 0 Å². The van der Waals surface area contributed by atoms with Gasteiger partial charge in [0.25, 0.3) is 0 Å². The second-order valence-corrected chi connectivity index (χ2v) is 4.38. The van der Waals surface area contributed by atoms with Crippen LogP contribution in [0.3, 0.4) is 0 Å². The molecule has 1 aliphatic rings. The molecule has 1 heterocycles. The monoisotopic (exact) mass is 238 g/mol. The van der Waals surface area contributed by atoms with Crippen LogP contribution in [0.2, 0.25) is 0 Å². The standard InChI is InChI=1S/C13H15FO3/c1-8-7-9(14)4-5-10(8)12-11(13(15)16)3-2-6-17-12/h4-5,7,11-12H,2-3,6H2,1H3,(H,15,16). The fourth-order valence-corrected chi connectivity index (χ4v) is 2.30. The van der Waals surface area contributed by atoms with Crippen molar-refractivity contribution in [3.63, 3.8) is 0 Å². The van der Waals surface area contributed by atoms with Crippen LogP contribution in [0.4, 0.5) is 4.39 Å². The van der Waals surface area contributed by atoms with Crippen molar-refractivity contribution in [1.82, 2.24) is 0 Å². The van der Waals surface area contributed by atoms with Crippen molar-refractivity contribution in [2.75, 3.05) is 6.61 Å². The molecule has 1 fully saturated rings. The SMILES string of the molecule is Cc1cc(F)ccc1C1OCCCC1C(=O)O. The van der Waals surface area contributed by atoms with Crippen molar-refractivity contribution in [3.8, 4) is 0 Å². The Morgan fingerprint density at radius 3 is 2.94 bits per heavy atom. The van der Waals surface area contributed by atoms with Crippen LogP contribution in [-0.2, 0) is 9.53 Å². The molecule has 1 aromatic rings. The second-order valence-electron chi connectivity index (χ2n) is 4.38. The molecule has 92 valence electrons. The molecule has 2 rings (SSSR count). The van der Waals surface area contributed by atoms with Crippen molar-refractivity contribution in [1.29, 1.82) is 0 Å². The van der Waals surface area contributed by atoms with Gasteiger partial charge in [0, 0.05) is 6.61 Å². The van der Waals surface area contributed by atoms with Crippen LogP contribution in [0.15, 0.2) is 18.2 Å². The molecule has 0 saturated carbocycles. The normalized spacial score (nSPS) is 24.6. The predicted molar refractivity (Wildman–Crippen MR) is 60.2 cm³/mol. The largest absolute Gasteiger partial charge is 0.481 e. The fourth-order valence-electron chi connectivity index (χ4n) is 2.30. The molecule has 1 N–H and O–H groups in total. The highest BCUT2D eigenvalue weighted by Gasteiger charge is 2.33. The van der Waals surface area contributed by atoms with Crippen molar-refractivity contribution in [3.05, 3.63) is 35.1 Å². The van der Waals surface area contributed by atoms with E-state index in [0.29, 0.717) is 13.0 Å². The van der Waals surface area contributed by atoms with E-state index in [-0.39, 0.29) is 5.82 Å². The van der Waals surface area contributed by atoms with E-state index in [4.69, 9.17) is 9.84 Å². The van der Waals surface area contributed by atoms with Gasteiger partial charge >= 0.3 is 5.97 Å². The molecule has 0 spiro atoms. The van der Waals surface area contributed by atoms with Gasteiger partial charge in [0.05, 0.1) is 12.0 Å². The molecule has 1 aromatic carbocycles. The van der Waals surface area contributed by atoms with Gasteiger partial charge in [-0.1, -0.05) is 6.07 Å². The molecule has 0 bridgehead atoms. The van der Waals surface area contributed by atoms with E-state index in [1.165, 1.54) is 12.1 Å². The summed E-state index contributed by atoms with van der Waals surface area (Å²) in [6.45, 7) is 2.33. The Morgan fingerprint density at radius 2 is 2.29 bits per heavy atom. The van der Waals surface area contributed by atoms with Gasteiger partial charge in [-0.2, -0.15) is 0 Å². The van der Waals surface area contributed by atoms with E-state index in [0.717, 1.165) is 17.5 Å². The lowest BCUT2D eigenvalue weighted by Gasteiger charge is -2.30. The van der Waals surface area contributed by atoms with Crippen LogP contribution < -0.4 is 0 Å². The average Bonchev–Trinajstić information content (AvgIpc) is 2.29. The average molecular weight is 238 g/mol. The van der Waals surface area contributed by atoms with Crippen molar-refractivity contribution < 1.29 is 19.0 Å². The fraction of sp³-hybridized carbons (Fsp3) is 0.462. The number of hydrogen-bond donors (Lipinski definition) is 1. The maximum atomic E-state index is 13.0. The molecule has 0 aliphatic carbocycles. The lowest BCUT2D eigenvalue weighted by molar-refractivity contribution is -0.151. The van der Waals surface area contributed by atoms with Crippen LogP contribution in [0.25, 0.3) is 0 Å². The van der Waals surface area contributed by atoms with Gasteiger partial charge in [-0.25, -0.2) is 4.39 Å². The maximum absolute atomic E-state index is 13.0. The Morgan fingerprint density at radius 1 is 1.53 bits per heavy atom. The minimum atomic E-state index is -0.849. The van der Waals surface area contributed by atoms with Crippen LogP contribution >= 0.6 is 0 Å². The second kappa shape index (κ2) is 4.84. The van der Waals surface area contributed by atoms with Crippen molar-refractivity contribution >= 4 is 5.97 Å². The molecule has 1 saturated heterocycles. The Balaban J connectivity index is 2.32. The number of carboxylic acid groups (broad SMARTS) is 1. The van der Waals surface area contributed by atoms with Crippen LogP contribution in [0, 0.1) is 18.7 Å². The molecule has 0 radical (unpaired) electrons. The number of aliphatic carboxylic acids is 1. The van der Waals surface area contributed by atoms with Gasteiger partial charge in [0.1, 0.15) is 5.82 Å². The number of hydrogen-bond acceptors (Lipinski definition) is 2. The first kappa shape index (κ1) is 12.0. The van der Waals surface area contributed by atoms with E-state index in [1.807, 2.05) is 0 Å². The van der Waals surface area contributed by atoms with Crippen molar-refractivity contribution in [2.24, 2.45) is 5.92 Å². The number of halogens is 1. The zero-order chi connectivity index (χ0) is 12.4. The predicted octanol–water partition coefficient (Wildman–Crippen LogP) is 2.69. The molecule has 0 amide bonds. The minimum absolute atomic E-state index is 0.311.